The van der Waals surface area contributed by atoms with Crippen molar-refractivity contribution < 1.29 is 8.78 Å². The van der Waals surface area contributed by atoms with Crippen LogP contribution >= 0.6 is 11.8 Å². The second-order valence-corrected chi connectivity index (χ2v) is 3.51. The van der Waals surface area contributed by atoms with Gasteiger partial charge in [-0.05, 0) is 5.92 Å². The summed E-state index contributed by atoms with van der Waals surface area (Å²) in [6, 6.07) is 0.0118. The van der Waals surface area contributed by atoms with Gasteiger partial charge in [0.2, 0.25) is 5.92 Å². The van der Waals surface area contributed by atoms with Crippen molar-refractivity contribution in [3.8, 4) is 0 Å². The smallest absolute Gasteiger partial charge is 0.248 e. The molecule has 0 aromatic heterocycles. The lowest BCUT2D eigenvalue weighted by Gasteiger charge is -2.38. The molecule has 0 N–H and O–H groups in total. The molecule has 0 aromatic carbocycles. The lowest BCUT2D eigenvalue weighted by Crippen LogP contribution is -2.36. The average molecular weight is 183 g/mol. The molecule has 1 aliphatic rings. The van der Waals surface area contributed by atoms with E-state index >= 15 is 0 Å². The van der Waals surface area contributed by atoms with Crippen LogP contribution in [0.2, 0.25) is 0 Å². The summed E-state index contributed by atoms with van der Waals surface area (Å²) in [7, 11) is 0. The van der Waals surface area contributed by atoms with Gasteiger partial charge in [-0.1, -0.05) is 13.3 Å². The monoisotopic (exact) mass is 182 g/mol. The predicted molar refractivity (Wildman–Crippen MR) is 41.0 cm³/mol. The second-order valence-electron chi connectivity index (χ2n) is 3.31. The van der Waals surface area contributed by atoms with Crippen molar-refractivity contribution in [1.29, 1.82) is 0 Å². The van der Waals surface area contributed by atoms with Crippen LogP contribution in [0.5, 0.6) is 0 Å². The Morgan fingerprint density at radius 1 is 1.64 bits per heavy atom. The number of alkyl halides is 2. The second kappa shape index (κ2) is 3.23. The Hall–Kier alpha value is 0.110. The van der Waals surface area contributed by atoms with Crippen molar-refractivity contribution in [3.63, 3.8) is 0 Å². The van der Waals surface area contributed by atoms with Crippen molar-refractivity contribution >= 4 is 11.8 Å². The molecule has 1 atom stereocenters. The van der Waals surface area contributed by atoms with Crippen LogP contribution < -0.4 is 0 Å². The maximum atomic E-state index is 12.3. The molecular formula is C7H11ClF2N-. The van der Waals surface area contributed by atoms with Crippen LogP contribution in [0.15, 0.2) is 0 Å². The van der Waals surface area contributed by atoms with Crippen LogP contribution in [-0.4, -0.2) is 12.0 Å². The van der Waals surface area contributed by atoms with Gasteiger partial charge in [0.05, 0.1) is 0 Å². The van der Waals surface area contributed by atoms with Gasteiger partial charge in [0.1, 0.15) is 0 Å². The van der Waals surface area contributed by atoms with Crippen molar-refractivity contribution in [2.45, 2.75) is 38.2 Å². The molecule has 0 radical (unpaired) electrons. The Balaban J connectivity index is 2.13. The Labute approximate surface area is 70.2 Å². The van der Waals surface area contributed by atoms with Crippen LogP contribution in [0.1, 0.15) is 26.2 Å². The summed E-state index contributed by atoms with van der Waals surface area (Å²) in [5.41, 5.74) is 0. The molecule has 66 valence electrons. The molecule has 1 rings (SSSR count). The minimum absolute atomic E-state index is 0.0118. The lowest BCUT2D eigenvalue weighted by atomic mass is 9.78. The number of rotatable bonds is 3. The molecule has 0 heterocycles. The van der Waals surface area contributed by atoms with Gasteiger partial charge < -0.3 is 4.84 Å². The third-order valence-electron chi connectivity index (χ3n) is 2.02. The topological polar surface area (TPSA) is 14.1 Å². The highest BCUT2D eigenvalue weighted by Crippen LogP contribution is 2.45. The minimum Gasteiger partial charge on any atom is -0.573 e. The standard InChI is InChI=1S/C7H11ClF2N/c1-5(11-8)2-6-3-7(9,10)4-6/h5-6H,2-4H2,1H3/q-1/t5-/m0/s1. The molecule has 0 unspecified atom stereocenters. The first-order chi connectivity index (χ1) is 5.03. The molecule has 0 saturated heterocycles. The predicted octanol–water partition coefficient (Wildman–Crippen LogP) is 3.34. The van der Waals surface area contributed by atoms with E-state index in [0.29, 0.717) is 6.42 Å². The zero-order valence-corrected chi connectivity index (χ0v) is 7.11. The first kappa shape index (κ1) is 9.20. The van der Waals surface area contributed by atoms with Crippen LogP contribution in [-0.2, 0) is 0 Å². The maximum absolute atomic E-state index is 12.3. The molecule has 1 saturated carbocycles. The van der Waals surface area contributed by atoms with Gasteiger partial charge in [0.25, 0.3) is 0 Å². The summed E-state index contributed by atoms with van der Waals surface area (Å²) in [5.74, 6) is -2.28. The highest BCUT2D eigenvalue weighted by molar-refractivity contribution is 6.25. The molecule has 1 nitrogen and oxygen atoms in total. The molecular weight excluding hydrogens is 172 g/mol. The molecule has 0 spiro atoms. The maximum Gasteiger partial charge on any atom is 0.248 e. The highest BCUT2D eigenvalue weighted by atomic mass is 35.5. The van der Waals surface area contributed by atoms with Crippen LogP contribution in [0.25, 0.3) is 4.84 Å². The van der Waals surface area contributed by atoms with E-state index in [4.69, 9.17) is 11.8 Å². The zero-order chi connectivity index (χ0) is 8.48. The Morgan fingerprint density at radius 2 is 2.18 bits per heavy atom. The first-order valence-corrected chi connectivity index (χ1v) is 4.06. The van der Waals surface area contributed by atoms with Crippen LogP contribution in [0, 0.1) is 5.92 Å². The molecule has 0 amide bonds. The van der Waals surface area contributed by atoms with E-state index in [0.717, 1.165) is 0 Å². The Bertz CT molecular complexity index is 132. The van der Waals surface area contributed by atoms with Gasteiger partial charge in [-0.15, -0.1) is 6.04 Å². The van der Waals surface area contributed by atoms with Gasteiger partial charge in [-0.3, -0.25) is 11.8 Å². The normalized spacial score (nSPS) is 26.2. The van der Waals surface area contributed by atoms with E-state index in [1.54, 1.807) is 0 Å². The summed E-state index contributed by atoms with van der Waals surface area (Å²) in [5, 5.41) is 0. The van der Waals surface area contributed by atoms with Gasteiger partial charge in [-0.25, -0.2) is 8.78 Å². The average Bonchev–Trinajstić information content (AvgIpc) is 1.83. The van der Waals surface area contributed by atoms with E-state index in [1.807, 2.05) is 6.92 Å². The lowest BCUT2D eigenvalue weighted by molar-refractivity contribution is -0.112. The SMILES string of the molecule is C[C@@H](CC1CC(F)(F)C1)[N-]Cl. The number of hydrogen-bond acceptors (Lipinski definition) is 0. The van der Waals surface area contributed by atoms with E-state index in [2.05, 4.69) is 4.84 Å². The molecule has 4 heteroatoms. The van der Waals surface area contributed by atoms with Crippen molar-refractivity contribution in [2.75, 3.05) is 0 Å². The van der Waals surface area contributed by atoms with Crippen molar-refractivity contribution in [1.82, 2.24) is 0 Å². The third-order valence-corrected chi connectivity index (χ3v) is 2.35. The van der Waals surface area contributed by atoms with E-state index in [1.165, 1.54) is 0 Å². The summed E-state index contributed by atoms with van der Waals surface area (Å²) in [6.45, 7) is 1.84. The van der Waals surface area contributed by atoms with Crippen LogP contribution in [0.4, 0.5) is 8.78 Å². The quantitative estimate of drug-likeness (QED) is 0.636. The molecule has 0 bridgehead atoms. The summed E-state index contributed by atoms with van der Waals surface area (Å²) in [6.07, 6.45) is 0.729. The van der Waals surface area contributed by atoms with Gasteiger partial charge in [0, 0.05) is 12.8 Å². The molecule has 0 aromatic rings. The third kappa shape index (κ3) is 2.56. The molecule has 1 aliphatic carbocycles. The van der Waals surface area contributed by atoms with Crippen molar-refractivity contribution in [2.24, 2.45) is 5.92 Å². The molecule has 11 heavy (non-hydrogen) atoms. The minimum atomic E-state index is -2.41. The van der Waals surface area contributed by atoms with Gasteiger partial charge in [-0.2, -0.15) is 0 Å². The molecule has 0 aliphatic heterocycles. The van der Waals surface area contributed by atoms with Gasteiger partial charge in [0.15, 0.2) is 0 Å². The summed E-state index contributed by atoms with van der Waals surface area (Å²) >= 11 is 5.19. The van der Waals surface area contributed by atoms with E-state index < -0.39 is 5.92 Å². The fourth-order valence-corrected chi connectivity index (χ4v) is 1.55. The fraction of sp³-hybridized carbons (Fsp3) is 1.00. The fourth-order valence-electron chi connectivity index (χ4n) is 1.47. The van der Waals surface area contributed by atoms with Crippen molar-refractivity contribution in [3.05, 3.63) is 4.84 Å². The Morgan fingerprint density at radius 3 is 2.55 bits per heavy atom. The van der Waals surface area contributed by atoms with E-state index in [9.17, 15) is 8.78 Å². The number of hydrogen-bond donors (Lipinski definition) is 0. The molecule has 1 fully saturated rings. The zero-order valence-electron chi connectivity index (χ0n) is 6.36. The van der Waals surface area contributed by atoms with E-state index in [-0.39, 0.29) is 24.8 Å². The summed E-state index contributed by atoms with van der Waals surface area (Å²) in [4.78, 5) is 3.49. The largest absolute Gasteiger partial charge is 0.573 e. The highest BCUT2D eigenvalue weighted by Gasteiger charge is 2.44. The number of nitrogens with zero attached hydrogens (tertiary/aromatic N) is 1. The van der Waals surface area contributed by atoms with Gasteiger partial charge >= 0.3 is 0 Å². The first-order valence-electron chi connectivity index (χ1n) is 3.72. The Kier molecular flexibility index (Phi) is 2.70. The van der Waals surface area contributed by atoms with Crippen LogP contribution in [0.3, 0.4) is 0 Å². The number of halogens is 3. The summed E-state index contributed by atoms with van der Waals surface area (Å²) < 4.78 is 24.6.